The first-order chi connectivity index (χ1) is 19.0. The molecule has 1 aromatic heterocycles. The number of esters is 1. The van der Waals surface area contributed by atoms with E-state index in [4.69, 9.17) is 24.3 Å². The largest absolute Gasteiger partial charge is 0.460 e. The minimum atomic E-state index is -4.46. The molecule has 15 heteroatoms. The molecule has 0 radical (unpaired) electrons. The van der Waals surface area contributed by atoms with Gasteiger partial charge in [0.25, 0.3) is 0 Å². The number of aromatic nitrogens is 2. The van der Waals surface area contributed by atoms with Crippen molar-refractivity contribution in [3.63, 3.8) is 0 Å². The molecule has 0 saturated carbocycles. The van der Waals surface area contributed by atoms with Crippen LogP contribution < -0.4 is 21.0 Å². The fourth-order valence-electron chi connectivity index (χ4n) is 3.74. The summed E-state index contributed by atoms with van der Waals surface area (Å²) in [5.74, 6) is -4.85. The normalized spacial score (nSPS) is 22.2. The number of hydrogen-bond donors (Lipinski definition) is 3. The molecular weight excluding hydrogens is 553 g/mol. The van der Waals surface area contributed by atoms with Crippen LogP contribution >= 0.6 is 7.75 Å². The van der Waals surface area contributed by atoms with E-state index in [2.05, 4.69) is 10.1 Å². The summed E-state index contributed by atoms with van der Waals surface area (Å²) in [6.45, 7) is 0.435. The topological polar surface area (TPSA) is 164 Å². The zero-order valence-corrected chi connectivity index (χ0v) is 22.0. The molecule has 0 bridgehead atoms. The van der Waals surface area contributed by atoms with E-state index in [1.807, 2.05) is 0 Å². The number of aliphatic hydroxyl groups excluding tert-OH is 1. The molecule has 4 N–H and O–H groups in total. The van der Waals surface area contributed by atoms with Crippen LogP contribution in [0.25, 0.3) is 0 Å². The molecule has 0 aliphatic carbocycles. The number of carbonyl (C=O) groups excluding carboxylic acids is 1. The SMILES string of the molecule is C[C@H](NP(=O)(OC[C@H]1O[C@@H](n2ccc(N)nc2=O)C(F)(F)[C@H]1O)Oc1ccccc1)C(=O)OCc1ccccc1. The first-order valence-electron chi connectivity index (χ1n) is 12.0. The number of aliphatic hydroxyl groups is 1. The Balaban J connectivity index is 1.47. The number of ether oxygens (including phenoxy) is 2. The fourth-order valence-corrected chi connectivity index (χ4v) is 5.24. The Morgan fingerprint density at radius 2 is 1.85 bits per heavy atom. The number of nitrogens with two attached hydrogens (primary N) is 1. The van der Waals surface area contributed by atoms with Crippen LogP contribution in [0.15, 0.2) is 77.7 Å². The monoisotopic (exact) mass is 580 g/mol. The lowest BCUT2D eigenvalue weighted by Gasteiger charge is -2.24. The summed E-state index contributed by atoms with van der Waals surface area (Å²) in [5.41, 5.74) is 5.01. The number of halogens is 2. The molecule has 3 aromatic rings. The third-order valence-electron chi connectivity index (χ3n) is 5.79. The quantitative estimate of drug-likeness (QED) is 0.226. The van der Waals surface area contributed by atoms with Gasteiger partial charge in [-0.1, -0.05) is 48.5 Å². The number of nitrogens with one attached hydrogen (secondary N) is 1. The maximum Gasteiger partial charge on any atom is 0.459 e. The summed E-state index contributed by atoms with van der Waals surface area (Å²) in [6.07, 6.45) is -5.50. The van der Waals surface area contributed by atoms with Crippen LogP contribution in [0.2, 0.25) is 0 Å². The van der Waals surface area contributed by atoms with E-state index < -0.39 is 56.4 Å². The number of alkyl halides is 2. The van der Waals surface area contributed by atoms with Crippen LogP contribution in [0, 0.1) is 0 Å². The van der Waals surface area contributed by atoms with Gasteiger partial charge < -0.3 is 24.8 Å². The molecule has 214 valence electrons. The van der Waals surface area contributed by atoms with Crippen molar-refractivity contribution < 1.29 is 41.8 Å². The van der Waals surface area contributed by atoms with Gasteiger partial charge in [-0.2, -0.15) is 18.9 Å². The highest BCUT2D eigenvalue weighted by Crippen LogP contribution is 2.48. The predicted octanol–water partition coefficient (Wildman–Crippen LogP) is 2.64. The zero-order chi connectivity index (χ0) is 28.9. The number of hydrogen-bond acceptors (Lipinski definition) is 10. The third kappa shape index (κ3) is 6.90. The van der Waals surface area contributed by atoms with Gasteiger partial charge in [0.2, 0.25) is 6.23 Å². The molecule has 1 aliphatic heterocycles. The van der Waals surface area contributed by atoms with Gasteiger partial charge in [-0.25, -0.2) is 9.36 Å². The molecular formula is C25H27F2N4O8P. The highest BCUT2D eigenvalue weighted by molar-refractivity contribution is 7.52. The van der Waals surface area contributed by atoms with Gasteiger partial charge in [-0.05, 0) is 30.7 Å². The number of para-hydroxylation sites is 1. The van der Waals surface area contributed by atoms with E-state index in [0.717, 1.165) is 17.8 Å². The molecule has 2 heterocycles. The number of anilines is 1. The third-order valence-corrected chi connectivity index (χ3v) is 7.43. The lowest BCUT2D eigenvalue weighted by Crippen LogP contribution is -2.42. The second kappa shape index (κ2) is 12.2. The molecule has 2 aromatic carbocycles. The molecule has 5 atom stereocenters. The molecule has 0 spiro atoms. The van der Waals surface area contributed by atoms with E-state index in [9.17, 15) is 28.0 Å². The highest BCUT2D eigenvalue weighted by atomic mass is 31.2. The van der Waals surface area contributed by atoms with Crippen molar-refractivity contribution in [2.24, 2.45) is 0 Å². The van der Waals surface area contributed by atoms with Crippen LogP contribution in [0.4, 0.5) is 14.6 Å². The van der Waals surface area contributed by atoms with Gasteiger partial charge in [-0.3, -0.25) is 13.9 Å². The maximum atomic E-state index is 14.9. The maximum absolute atomic E-state index is 14.9. The molecule has 1 aliphatic rings. The van der Waals surface area contributed by atoms with Gasteiger partial charge in [0, 0.05) is 6.20 Å². The van der Waals surface area contributed by atoms with Gasteiger partial charge in [0.1, 0.15) is 30.3 Å². The van der Waals surface area contributed by atoms with Crippen molar-refractivity contribution >= 4 is 19.5 Å². The van der Waals surface area contributed by atoms with Crippen molar-refractivity contribution in [2.75, 3.05) is 12.3 Å². The summed E-state index contributed by atoms with van der Waals surface area (Å²) in [6, 6.07) is 16.5. The summed E-state index contributed by atoms with van der Waals surface area (Å²) >= 11 is 0. The Labute approximate surface area is 227 Å². The van der Waals surface area contributed by atoms with E-state index in [0.29, 0.717) is 4.57 Å². The van der Waals surface area contributed by atoms with Gasteiger partial charge in [0.15, 0.2) is 6.10 Å². The minimum Gasteiger partial charge on any atom is -0.460 e. The Bertz CT molecular complexity index is 1410. The first kappa shape index (κ1) is 29.3. The standard InChI is InChI=1S/C25H27F2N4O8P/c1-16(22(33)36-14-17-8-4-2-5-9-17)30-40(35,39-18-10-6-3-7-11-18)37-15-19-21(32)25(26,27)23(38-19)31-13-12-20(28)29-24(31)34/h2-13,16,19,21,23,32H,14-15H2,1H3,(H,30,35)(H2,28,29,34)/t16-,19+,21-,23+,40?/m0/s1. The smallest absolute Gasteiger partial charge is 0.459 e. The molecule has 1 unspecified atom stereocenters. The molecule has 0 amide bonds. The molecule has 4 rings (SSSR count). The Morgan fingerprint density at radius 1 is 1.20 bits per heavy atom. The second-order valence-electron chi connectivity index (χ2n) is 8.83. The summed E-state index contributed by atoms with van der Waals surface area (Å²) in [5, 5.41) is 12.7. The summed E-state index contributed by atoms with van der Waals surface area (Å²) in [7, 11) is -4.46. The Hall–Kier alpha value is -3.68. The van der Waals surface area contributed by atoms with E-state index in [1.165, 1.54) is 19.1 Å². The lowest BCUT2D eigenvalue weighted by molar-refractivity contribution is -0.146. The van der Waals surface area contributed by atoms with Gasteiger partial charge in [0.05, 0.1) is 6.61 Å². The van der Waals surface area contributed by atoms with Crippen LogP contribution in [-0.4, -0.2) is 51.4 Å². The lowest BCUT2D eigenvalue weighted by atomic mass is 10.1. The minimum absolute atomic E-state index is 0.0473. The predicted molar refractivity (Wildman–Crippen MR) is 137 cm³/mol. The number of nitrogens with zero attached hydrogens (tertiary/aromatic N) is 2. The van der Waals surface area contributed by atoms with Crippen LogP contribution in [-0.2, 0) is 30.0 Å². The summed E-state index contributed by atoms with van der Waals surface area (Å²) in [4.78, 5) is 28.1. The average molecular weight is 580 g/mol. The molecule has 1 fully saturated rings. The van der Waals surface area contributed by atoms with Crippen LogP contribution in [0.1, 0.15) is 18.7 Å². The second-order valence-corrected chi connectivity index (χ2v) is 10.5. The van der Waals surface area contributed by atoms with Crippen molar-refractivity contribution in [1.82, 2.24) is 14.6 Å². The van der Waals surface area contributed by atoms with Crippen molar-refractivity contribution in [2.45, 2.75) is 43.9 Å². The number of benzene rings is 2. The summed E-state index contributed by atoms with van der Waals surface area (Å²) < 4.78 is 65.3. The van der Waals surface area contributed by atoms with Crippen molar-refractivity contribution in [3.05, 3.63) is 89.0 Å². The molecule has 40 heavy (non-hydrogen) atoms. The van der Waals surface area contributed by atoms with E-state index in [-0.39, 0.29) is 18.2 Å². The van der Waals surface area contributed by atoms with E-state index in [1.54, 1.807) is 48.5 Å². The van der Waals surface area contributed by atoms with Crippen LogP contribution in [0.3, 0.4) is 0 Å². The average Bonchev–Trinajstić information content (AvgIpc) is 3.15. The number of carbonyl (C=O) groups is 1. The Kier molecular flexibility index (Phi) is 8.96. The molecule has 1 saturated heterocycles. The van der Waals surface area contributed by atoms with Crippen molar-refractivity contribution in [1.29, 1.82) is 0 Å². The highest BCUT2D eigenvalue weighted by Gasteiger charge is 2.60. The van der Waals surface area contributed by atoms with Gasteiger partial charge >= 0.3 is 25.3 Å². The number of nitrogen functional groups attached to an aromatic ring is 1. The fraction of sp³-hybridized carbons (Fsp3) is 0.320. The van der Waals surface area contributed by atoms with Crippen molar-refractivity contribution in [3.8, 4) is 5.75 Å². The van der Waals surface area contributed by atoms with Gasteiger partial charge in [-0.15, -0.1) is 0 Å². The van der Waals surface area contributed by atoms with E-state index >= 15 is 0 Å². The molecule has 12 nitrogen and oxygen atoms in total. The van der Waals surface area contributed by atoms with Crippen LogP contribution in [0.5, 0.6) is 5.75 Å². The zero-order valence-electron chi connectivity index (χ0n) is 21.1. The first-order valence-corrected chi connectivity index (χ1v) is 13.6. The Morgan fingerprint density at radius 3 is 2.50 bits per heavy atom. The number of rotatable bonds is 11.